The summed E-state index contributed by atoms with van der Waals surface area (Å²) in [5.74, 6) is 1.49. The SMILES string of the molecule is Cc1nc(CCNC(=O)c2ccnc3c2nc(C)n3C)nc2c1CCCC2. The zero-order valence-corrected chi connectivity index (χ0v) is 16.0. The molecule has 0 saturated carbocycles. The Morgan fingerprint density at radius 3 is 2.85 bits per heavy atom. The number of pyridine rings is 1. The maximum atomic E-state index is 12.6. The normalized spacial score (nSPS) is 13.6. The fourth-order valence-electron chi connectivity index (χ4n) is 3.71. The van der Waals surface area contributed by atoms with E-state index in [1.165, 1.54) is 24.1 Å². The summed E-state index contributed by atoms with van der Waals surface area (Å²) in [5, 5.41) is 2.97. The summed E-state index contributed by atoms with van der Waals surface area (Å²) in [6, 6.07) is 1.71. The molecule has 3 aromatic heterocycles. The van der Waals surface area contributed by atoms with Gasteiger partial charge in [-0.3, -0.25) is 4.79 Å². The highest BCUT2D eigenvalue weighted by molar-refractivity contribution is 6.04. The third-order valence-corrected chi connectivity index (χ3v) is 5.30. The molecule has 0 aromatic carbocycles. The molecule has 3 aromatic rings. The van der Waals surface area contributed by atoms with Crippen molar-refractivity contribution in [1.29, 1.82) is 0 Å². The van der Waals surface area contributed by atoms with Crippen LogP contribution in [0.3, 0.4) is 0 Å². The Balaban J connectivity index is 1.46. The van der Waals surface area contributed by atoms with E-state index in [1.807, 2.05) is 18.5 Å². The van der Waals surface area contributed by atoms with E-state index in [1.54, 1.807) is 12.3 Å². The van der Waals surface area contributed by atoms with Crippen LogP contribution in [0.4, 0.5) is 0 Å². The maximum Gasteiger partial charge on any atom is 0.253 e. The van der Waals surface area contributed by atoms with Gasteiger partial charge >= 0.3 is 0 Å². The van der Waals surface area contributed by atoms with E-state index in [0.717, 1.165) is 30.2 Å². The number of aryl methyl sites for hydroxylation is 4. The second-order valence-corrected chi connectivity index (χ2v) is 7.11. The minimum absolute atomic E-state index is 0.143. The molecule has 27 heavy (non-hydrogen) atoms. The predicted octanol–water partition coefficient (Wildman–Crippen LogP) is 2.23. The second kappa shape index (κ2) is 7.06. The van der Waals surface area contributed by atoms with Crippen molar-refractivity contribution < 1.29 is 4.79 Å². The Kier molecular flexibility index (Phi) is 4.59. The molecule has 1 N–H and O–H groups in total. The minimum atomic E-state index is -0.143. The van der Waals surface area contributed by atoms with E-state index in [4.69, 9.17) is 4.98 Å². The van der Waals surface area contributed by atoms with E-state index < -0.39 is 0 Å². The van der Waals surface area contributed by atoms with Crippen molar-refractivity contribution in [2.75, 3.05) is 6.54 Å². The smallest absolute Gasteiger partial charge is 0.253 e. The number of hydrogen-bond acceptors (Lipinski definition) is 5. The monoisotopic (exact) mass is 364 g/mol. The van der Waals surface area contributed by atoms with E-state index in [0.29, 0.717) is 29.7 Å². The van der Waals surface area contributed by atoms with Gasteiger partial charge in [-0.2, -0.15) is 0 Å². The molecule has 3 heterocycles. The van der Waals surface area contributed by atoms with Crippen LogP contribution in [0.1, 0.15) is 51.8 Å². The molecule has 7 heteroatoms. The van der Waals surface area contributed by atoms with Gasteiger partial charge in [0, 0.05) is 37.6 Å². The number of hydrogen-bond donors (Lipinski definition) is 1. The highest BCUT2D eigenvalue weighted by atomic mass is 16.1. The molecular weight excluding hydrogens is 340 g/mol. The van der Waals surface area contributed by atoms with Crippen molar-refractivity contribution in [3.63, 3.8) is 0 Å². The van der Waals surface area contributed by atoms with Crippen LogP contribution in [-0.2, 0) is 26.3 Å². The van der Waals surface area contributed by atoms with Gasteiger partial charge < -0.3 is 9.88 Å². The molecule has 1 amide bonds. The van der Waals surface area contributed by atoms with Gasteiger partial charge in [0.2, 0.25) is 0 Å². The summed E-state index contributed by atoms with van der Waals surface area (Å²) < 4.78 is 1.88. The summed E-state index contributed by atoms with van der Waals surface area (Å²) in [6.45, 7) is 4.46. The number of nitrogens with zero attached hydrogens (tertiary/aromatic N) is 5. The van der Waals surface area contributed by atoms with Gasteiger partial charge in [0.15, 0.2) is 5.65 Å². The molecule has 0 spiro atoms. The molecule has 0 saturated heterocycles. The van der Waals surface area contributed by atoms with Crippen molar-refractivity contribution in [2.24, 2.45) is 7.05 Å². The van der Waals surface area contributed by atoms with Crippen molar-refractivity contribution >= 4 is 17.1 Å². The van der Waals surface area contributed by atoms with Crippen LogP contribution >= 0.6 is 0 Å². The average Bonchev–Trinajstić information content (AvgIpc) is 2.96. The topological polar surface area (TPSA) is 85.6 Å². The summed E-state index contributed by atoms with van der Waals surface area (Å²) in [6.07, 6.45) is 6.80. The Morgan fingerprint density at radius 1 is 1.19 bits per heavy atom. The predicted molar refractivity (Wildman–Crippen MR) is 103 cm³/mol. The van der Waals surface area contributed by atoms with E-state index in [2.05, 4.69) is 27.2 Å². The van der Waals surface area contributed by atoms with Crippen molar-refractivity contribution in [3.8, 4) is 0 Å². The Hall–Kier alpha value is -2.83. The highest BCUT2D eigenvalue weighted by Crippen LogP contribution is 2.21. The standard InChI is InChI=1S/C20H24N6O/c1-12-14-6-4-5-7-16(14)25-17(23-12)9-11-22-20(27)15-8-10-21-19-18(15)24-13(2)26(19)3/h8,10H,4-7,9,11H2,1-3H3,(H,22,27). The number of aromatic nitrogens is 5. The summed E-state index contributed by atoms with van der Waals surface area (Å²) in [4.78, 5) is 30.8. The molecule has 0 aliphatic heterocycles. The van der Waals surface area contributed by atoms with Crippen molar-refractivity contribution in [3.05, 3.63) is 46.4 Å². The van der Waals surface area contributed by atoms with E-state index in [-0.39, 0.29) is 5.91 Å². The van der Waals surface area contributed by atoms with Crippen LogP contribution in [0.25, 0.3) is 11.2 Å². The zero-order chi connectivity index (χ0) is 19.0. The molecule has 0 atom stereocenters. The molecule has 7 nitrogen and oxygen atoms in total. The van der Waals surface area contributed by atoms with Gasteiger partial charge in [-0.25, -0.2) is 19.9 Å². The first kappa shape index (κ1) is 17.6. The summed E-state index contributed by atoms with van der Waals surface area (Å²) in [5.41, 5.74) is 5.49. The van der Waals surface area contributed by atoms with Gasteiger partial charge in [0.25, 0.3) is 5.91 Å². The molecule has 1 aliphatic rings. The lowest BCUT2D eigenvalue weighted by Gasteiger charge is -2.17. The second-order valence-electron chi connectivity index (χ2n) is 7.11. The van der Waals surface area contributed by atoms with Gasteiger partial charge in [-0.15, -0.1) is 0 Å². The number of fused-ring (bicyclic) bond motifs is 2. The van der Waals surface area contributed by atoms with Crippen molar-refractivity contribution in [2.45, 2.75) is 46.0 Å². The molecule has 140 valence electrons. The quantitative estimate of drug-likeness (QED) is 0.767. The number of amides is 1. The number of carbonyl (C=O) groups excluding carboxylic acids is 1. The lowest BCUT2D eigenvalue weighted by Crippen LogP contribution is -2.27. The molecule has 0 radical (unpaired) electrons. The van der Waals surface area contributed by atoms with Gasteiger partial charge in [-0.1, -0.05) is 0 Å². The van der Waals surface area contributed by atoms with Crippen LogP contribution in [0.2, 0.25) is 0 Å². The zero-order valence-electron chi connectivity index (χ0n) is 16.0. The van der Waals surface area contributed by atoms with Gasteiger partial charge in [0.1, 0.15) is 17.2 Å². The Bertz CT molecular complexity index is 1020. The largest absolute Gasteiger partial charge is 0.352 e. The van der Waals surface area contributed by atoms with E-state index in [9.17, 15) is 4.79 Å². The average molecular weight is 364 g/mol. The third kappa shape index (κ3) is 3.29. The van der Waals surface area contributed by atoms with Gasteiger partial charge in [-0.05, 0) is 51.2 Å². The number of rotatable bonds is 4. The fourth-order valence-corrected chi connectivity index (χ4v) is 3.71. The van der Waals surface area contributed by atoms with Crippen molar-refractivity contribution in [1.82, 2.24) is 29.8 Å². The number of imidazole rings is 1. The molecule has 0 unspecified atom stereocenters. The van der Waals surface area contributed by atoms with Gasteiger partial charge in [0.05, 0.1) is 5.56 Å². The molecular formula is C20H24N6O. The lowest BCUT2D eigenvalue weighted by molar-refractivity contribution is 0.0955. The van der Waals surface area contributed by atoms with Crippen LogP contribution in [-0.4, -0.2) is 37.0 Å². The minimum Gasteiger partial charge on any atom is -0.352 e. The van der Waals surface area contributed by atoms with E-state index >= 15 is 0 Å². The highest BCUT2D eigenvalue weighted by Gasteiger charge is 2.17. The molecule has 0 bridgehead atoms. The van der Waals surface area contributed by atoms with Crippen LogP contribution in [0, 0.1) is 13.8 Å². The molecule has 0 fully saturated rings. The lowest BCUT2D eigenvalue weighted by atomic mass is 9.95. The Labute approximate surface area is 158 Å². The van der Waals surface area contributed by atoms with Crippen LogP contribution in [0.15, 0.2) is 12.3 Å². The Morgan fingerprint density at radius 2 is 2.00 bits per heavy atom. The van der Waals surface area contributed by atoms with Crippen LogP contribution < -0.4 is 5.32 Å². The summed E-state index contributed by atoms with van der Waals surface area (Å²) in [7, 11) is 1.90. The third-order valence-electron chi connectivity index (χ3n) is 5.30. The first-order chi connectivity index (χ1) is 13.0. The first-order valence-corrected chi connectivity index (χ1v) is 9.46. The molecule has 1 aliphatic carbocycles. The maximum absolute atomic E-state index is 12.6. The first-order valence-electron chi connectivity index (χ1n) is 9.46. The summed E-state index contributed by atoms with van der Waals surface area (Å²) >= 11 is 0. The van der Waals surface area contributed by atoms with Crippen LogP contribution in [0.5, 0.6) is 0 Å². The fraction of sp³-hybridized carbons (Fsp3) is 0.450. The number of carbonyl (C=O) groups is 1. The molecule has 4 rings (SSSR count). The number of nitrogens with one attached hydrogen (secondary N) is 1.